The predicted molar refractivity (Wildman–Crippen MR) is 72.3 cm³/mol. The fourth-order valence-corrected chi connectivity index (χ4v) is 1.70. The minimum Gasteiger partial charge on any atom is -0.468 e. The van der Waals surface area contributed by atoms with Gasteiger partial charge in [-0.2, -0.15) is 0 Å². The average Bonchev–Trinajstić information content (AvgIpc) is 2.36. The quantitative estimate of drug-likeness (QED) is 0.627. The molecule has 0 N–H and O–H groups in total. The van der Waals surface area contributed by atoms with Gasteiger partial charge in [0.2, 0.25) is 0 Å². The summed E-state index contributed by atoms with van der Waals surface area (Å²) in [4.78, 5) is 28.7. The van der Waals surface area contributed by atoms with Gasteiger partial charge in [-0.15, -0.1) is 0 Å². The number of rotatable bonds is 4. The van der Waals surface area contributed by atoms with Crippen molar-refractivity contribution in [1.29, 1.82) is 0 Å². The number of nitrogens with zero attached hydrogens (tertiary/aromatic N) is 2. The van der Waals surface area contributed by atoms with Gasteiger partial charge in [0, 0.05) is 18.3 Å². The van der Waals surface area contributed by atoms with Crippen LogP contribution in [0.4, 0.5) is 0 Å². The van der Waals surface area contributed by atoms with Crippen molar-refractivity contribution in [2.24, 2.45) is 0 Å². The molecule has 1 heterocycles. The van der Waals surface area contributed by atoms with Crippen molar-refractivity contribution in [1.82, 2.24) is 9.88 Å². The molecule has 0 aliphatic rings. The Morgan fingerprint density at radius 2 is 2.05 bits per heavy atom. The van der Waals surface area contributed by atoms with Gasteiger partial charge in [-0.3, -0.25) is 9.59 Å². The summed E-state index contributed by atoms with van der Waals surface area (Å²) in [5, 5.41) is 0.265. The van der Waals surface area contributed by atoms with Crippen LogP contribution in [0, 0.1) is 0 Å². The van der Waals surface area contributed by atoms with Crippen LogP contribution >= 0.6 is 11.6 Å². The topological polar surface area (TPSA) is 59.5 Å². The molecule has 0 saturated heterocycles. The van der Waals surface area contributed by atoms with Crippen LogP contribution in [0.15, 0.2) is 12.1 Å². The van der Waals surface area contributed by atoms with E-state index in [1.165, 1.54) is 25.1 Å². The van der Waals surface area contributed by atoms with Gasteiger partial charge in [-0.1, -0.05) is 25.4 Å². The van der Waals surface area contributed by atoms with E-state index < -0.39 is 5.97 Å². The molecular weight excluding hydrogens is 268 g/mol. The molecule has 0 aromatic carbocycles. The Bertz CT molecular complexity index is 489. The third kappa shape index (κ3) is 4.21. The van der Waals surface area contributed by atoms with Crippen LogP contribution in [0.2, 0.25) is 5.15 Å². The number of halogens is 1. The molecule has 0 radical (unpaired) electrons. The number of ether oxygens (including phenoxy) is 1. The van der Waals surface area contributed by atoms with Gasteiger partial charge in [0.15, 0.2) is 0 Å². The molecular formula is C13H17ClN2O3. The fourth-order valence-electron chi connectivity index (χ4n) is 1.49. The lowest BCUT2D eigenvalue weighted by Crippen LogP contribution is -2.32. The number of methoxy groups -OCH3 is 1. The number of amides is 1. The van der Waals surface area contributed by atoms with Crippen molar-refractivity contribution in [3.63, 3.8) is 0 Å². The minimum absolute atomic E-state index is 0.105. The van der Waals surface area contributed by atoms with Crippen LogP contribution in [-0.2, 0) is 9.53 Å². The van der Waals surface area contributed by atoms with E-state index in [2.05, 4.69) is 9.72 Å². The standard InChI is InChI=1S/C13H17ClN2O3/c1-8(2)10-5-9(6-11(14)15-10)13(18)16(3)7-12(17)19-4/h5-6,8H,7H2,1-4H3. The summed E-state index contributed by atoms with van der Waals surface area (Å²) in [7, 11) is 2.81. The molecule has 0 bridgehead atoms. The lowest BCUT2D eigenvalue weighted by Gasteiger charge is -2.16. The zero-order valence-electron chi connectivity index (χ0n) is 11.4. The Balaban J connectivity index is 2.96. The molecule has 0 aliphatic carbocycles. The summed E-state index contributed by atoms with van der Waals surface area (Å²) in [6, 6.07) is 3.18. The largest absolute Gasteiger partial charge is 0.468 e. The van der Waals surface area contributed by atoms with Crippen LogP contribution in [0.25, 0.3) is 0 Å². The summed E-state index contributed by atoms with van der Waals surface area (Å²) < 4.78 is 4.52. The van der Waals surface area contributed by atoms with Crippen molar-refractivity contribution in [3.05, 3.63) is 28.5 Å². The second kappa shape index (κ2) is 6.52. The fraction of sp³-hybridized carbons (Fsp3) is 0.462. The normalized spacial score (nSPS) is 10.4. The zero-order valence-corrected chi connectivity index (χ0v) is 12.2. The maximum absolute atomic E-state index is 12.2. The van der Waals surface area contributed by atoms with E-state index in [1.807, 2.05) is 13.8 Å². The molecule has 19 heavy (non-hydrogen) atoms. The van der Waals surface area contributed by atoms with E-state index in [1.54, 1.807) is 6.07 Å². The van der Waals surface area contributed by atoms with Gasteiger partial charge in [0.05, 0.1) is 7.11 Å². The average molecular weight is 285 g/mol. The van der Waals surface area contributed by atoms with Crippen molar-refractivity contribution in [3.8, 4) is 0 Å². The van der Waals surface area contributed by atoms with E-state index in [4.69, 9.17) is 11.6 Å². The van der Waals surface area contributed by atoms with E-state index >= 15 is 0 Å². The number of esters is 1. The Hall–Kier alpha value is -1.62. The smallest absolute Gasteiger partial charge is 0.325 e. The maximum atomic E-state index is 12.2. The molecule has 0 aliphatic heterocycles. The molecule has 0 atom stereocenters. The van der Waals surface area contributed by atoms with Crippen molar-refractivity contribution in [2.45, 2.75) is 19.8 Å². The van der Waals surface area contributed by atoms with Crippen LogP contribution in [0.5, 0.6) is 0 Å². The first-order valence-electron chi connectivity index (χ1n) is 5.85. The summed E-state index contributed by atoms with van der Waals surface area (Å²) in [6.45, 7) is 3.82. The van der Waals surface area contributed by atoms with Crippen LogP contribution in [0.1, 0.15) is 35.8 Å². The number of pyridine rings is 1. The molecule has 0 spiro atoms. The molecule has 5 nitrogen and oxygen atoms in total. The second-order valence-corrected chi connectivity index (χ2v) is 4.88. The molecule has 0 unspecified atom stereocenters. The first-order chi connectivity index (χ1) is 8.85. The van der Waals surface area contributed by atoms with Gasteiger partial charge < -0.3 is 9.64 Å². The number of hydrogen-bond acceptors (Lipinski definition) is 4. The number of likely N-dealkylation sites (N-methyl/N-ethyl adjacent to an activating group) is 1. The van der Waals surface area contributed by atoms with E-state index in [-0.39, 0.29) is 23.5 Å². The number of carbonyl (C=O) groups is 2. The van der Waals surface area contributed by atoms with Crippen molar-refractivity contribution < 1.29 is 14.3 Å². The molecule has 1 amide bonds. The number of aromatic nitrogens is 1. The van der Waals surface area contributed by atoms with E-state index in [0.717, 1.165) is 5.69 Å². The highest BCUT2D eigenvalue weighted by atomic mass is 35.5. The van der Waals surface area contributed by atoms with Gasteiger partial charge in [-0.25, -0.2) is 4.98 Å². The maximum Gasteiger partial charge on any atom is 0.325 e. The molecule has 1 aromatic rings. The Morgan fingerprint density at radius 1 is 1.42 bits per heavy atom. The lowest BCUT2D eigenvalue weighted by atomic mass is 10.1. The third-order valence-corrected chi connectivity index (χ3v) is 2.79. The highest BCUT2D eigenvalue weighted by molar-refractivity contribution is 6.29. The van der Waals surface area contributed by atoms with Gasteiger partial charge in [-0.05, 0) is 18.1 Å². The molecule has 1 rings (SSSR count). The van der Waals surface area contributed by atoms with Crippen LogP contribution in [-0.4, -0.2) is 42.5 Å². The predicted octanol–water partition coefficient (Wildman–Crippen LogP) is 2.10. The Kier molecular flexibility index (Phi) is 5.30. The summed E-state index contributed by atoms with van der Waals surface area (Å²) in [5.74, 6) is -0.604. The molecule has 0 fully saturated rings. The highest BCUT2D eigenvalue weighted by Crippen LogP contribution is 2.18. The zero-order chi connectivity index (χ0) is 14.6. The summed E-state index contributed by atoms with van der Waals surface area (Å²) in [5.41, 5.74) is 1.15. The van der Waals surface area contributed by atoms with E-state index in [9.17, 15) is 9.59 Å². The molecule has 104 valence electrons. The van der Waals surface area contributed by atoms with Gasteiger partial charge in [0.1, 0.15) is 11.7 Å². The second-order valence-electron chi connectivity index (χ2n) is 4.50. The van der Waals surface area contributed by atoms with Crippen molar-refractivity contribution >= 4 is 23.5 Å². The Morgan fingerprint density at radius 3 is 2.58 bits per heavy atom. The van der Waals surface area contributed by atoms with Crippen molar-refractivity contribution in [2.75, 3.05) is 20.7 Å². The lowest BCUT2D eigenvalue weighted by molar-refractivity contribution is -0.141. The first-order valence-corrected chi connectivity index (χ1v) is 6.22. The van der Waals surface area contributed by atoms with Crippen LogP contribution in [0.3, 0.4) is 0 Å². The molecule has 0 saturated carbocycles. The number of carbonyl (C=O) groups excluding carboxylic acids is 2. The van der Waals surface area contributed by atoms with E-state index in [0.29, 0.717) is 5.56 Å². The molecule has 1 aromatic heterocycles. The summed E-state index contributed by atoms with van der Waals surface area (Å²) in [6.07, 6.45) is 0. The monoisotopic (exact) mass is 284 g/mol. The SMILES string of the molecule is COC(=O)CN(C)C(=O)c1cc(Cl)nc(C(C)C)c1. The third-order valence-electron chi connectivity index (χ3n) is 2.59. The van der Waals surface area contributed by atoms with Gasteiger partial charge in [0.25, 0.3) is 5.91 Å². The summed E-state index contributed by atoms with van der Waals surface area (Å²) >= 11 is 5.90. The number of hydrogen-bond donors (Lipinski definition) is 0. The molecule has 6 heteroatoms. The minimum atomic E-state index is -0.472. The Labute approximate surface area is 117 Å². The first kappa shape index (κ1) is 15.4. The highest BCUT2D eigenvalue weighted by Gasteiger charge is 2.17. The van der Waals surface area contributed by atoms with Gasteiger partial charge >= 0.3 is 5.97 Å². The van der Waals surface area contributed by atoms with Crippen LogP contribution < -0.4 is 0 Å².